The first-order valence-electron chi connectivity index (χ1n) is 5.92. The predicted octanol–water partition coefficient (Wildman–Crippen LogP) is 3.66. The minimum Gasteiger partial charge on any atom is -0.492 e. The van der Waals surface area contributed by atoms with Gasteiger partial charge in [-0.15, -0.1) is 6.58 Å². The Kier molecular flexibility index (Phi) is 6.75. The third-order valence-corrected chi connectivity index (χ3v) is 2.89. The lowest BCUT2D eigenvalue weighted by Gasteiger charge is -2.16. The van der Waals surface area contributed by atoms with E-state index in [4.69, 9.17) is 16.3 Å². The molecular weight excluding hydrogens is 234 g/mol. The number of rotatable bonds is 8. The number of halogens is 1. The highest BCUT2D eigenvalue weighted by atomic mass is 35.5. The van der Waals surface area contributed by atoms with Crippen LogP contribution in [0.15, 0.2) is 36.9 Å². The number of allylic oxidation sites excluding steroid dienone is 1. The topological polar surface area (TPSA) is 21.3 Å². The van der Waals surface area contributed by atoms with E-state index in [-0.39, 0.29) is 0 Å². The van der Waals surface area contributed by atoms with Crippen molar-refractivity contribution in [1.29, 1.82) is 0 Å². The zero-order valence-corrected chi connectivity index (χ0v) is 11.0. The van der Waals surface area contributed by atoms with Gasteiger partial charge in [-0.25, -0.2) is 0 Å². The minimum atomic E-state index is 0.380. The third kappa shape index (κ3) is 5.76. The lowest BCUT2D eigenvalue weighted by Crippen LogP contribution is -2.31. The van der Waals surface area contributed by atoms with E-state index in [0.29, 0.717) is 12.6 Å². The maximum absolute atomic E-state index is 5.81. The maximum Gasteiger partial charge on any atom is 0.119 e. The van der Waals surface area contributed by atoms with Gasteiger partial charge in [0.25, 0.3) is 0 Å². The number of hydrogen-bond donors (Lipinski definition) is 1. The summed E-state index contributed by atoms with van der Waals surface area (Å²) in [6, 6.07) is 7.83. The number of hydrogen-bond acceptors (Lipinski definition) is 2. The molecule has 0 saturated carbocycles. The molecule has 0 aliphatic heterocycles. The zero-order valence-electron chi connectivity index (χ0n) is 10.3. The van der Waals surface area contributed by atoms with Crippen molar-refractivity contribution in [3.05, 3.63) is 41.9 Å². The largest absolute Gasteiger partial charge is 0.492 e. The molecule has 1 aromatic carbocycles. The van der Waals surface area contributed by atoms with Crippen molar-refractivity contribution < 1.29 is 4.74 Å². The third-order valence-electron chi connectivity index (χ3n) is 2.63. The summed E-state index contributed by atoms with van der Waals surface area (Å²) in [7, 11) is 1.96. The van der Waals surface area contributed by atoms with Crippen LogP contribution in [0.1, 0.15) is 19.3 Å². The molecule has 1 aromatic rings. The van der Waals surface area contributed by atoms with Gasteiger partial charge in [0.1, 0.15) is 12.4 Å². The van der Waals surface area contributed by atoms with Gasteiger partial charge in [-0.1, -0.05) is 17.7 Å². The summed E-state index contributed by atoms with van der Waals surface area (Å²) in [6.07, 6.45) is 5.24. The fourth-order valence-electron chi connectivity index (χ4n) is 1.55. The molecule has 0 amide bonds. The quantitative estimate of drug-likeness (QED) is 0.564. The van der Waals surface area contributed by atoms with Gasteiger partial charge in [0.15, 0.2) is 0 Å². The fourth-order valence-corrected chi connectivity index (χ4v) is 1.67. The van der Waals surface area contributed by atoms with E-state index in [1.807, 2.05) is 37.4 Å². The molecule has 0 spiro atoms. The molecule has 94 valence electrons. The van der Waals surface area contributed by atoms with Crippen molar-refractivity contribution >= 4 is 11.6 Å². The van der Waals surface area contributed by atoms with Gasteiger partial charge in [0.05, 0.1) is 0 Å². The number of nitrogens with one attached hydrogen (secondary N) is 1. The van der Waals surface area contributed by atoms with Gasteiger partial charge in [0, 0.05) is 11.1 Å². The summed E-state index contributed by atoms with van der Waals surface area (Å²) < 4.78 is 5.70. The smallest absolute Gasteiger partial charge is 0.119 e. The molecule has 1 N–H and O–H groups in total. The van der Waals surface area contributed by atoms with E-state index in [2.05, 4.69) is 11.9 Å². The molecule has 17 heavy (non-hydrogen) atoms. The Morgan fingerprint density at radius 2 is 2.12 bits per heavy atom. The fraction of sp³-hybridized carbons (Fsp3) is 0.429. The van der Waals surface area contributed by atoms with Crippen molar-refractivity contribution in [3.8, 4) is 5.75 Å². The standard InChI is InChI=1S/C14H20ClNO/c1-3-4-5-6-13(16-2)11-17-14-9-7-12(15)8-10-14/h3,7-10,13,16H,1,4-6,11H2,2H3. The molecule has 2 nitrogen and oxygen atoms in total. The van der Waals surface area contributed by atoms with Gasteiger partial charge in [-0.3, -0.25) is 0 Å². The van der Waals surface area contributed by atoms with E-state index in [1.54, 1.807) is 0 Å². The number of benzene rings is 1. The number of unbranched alkanes of at least 4 members (excludes halogenated alkanes) is 1. The molecule has 0 aliphatic carbocycles. The van der Waals surface area contributed by atoms with Crippen molar-refractivity contribution in [1.82, 2.24) is 5.32 Å². The normalized spacial score (nSPS) is 12.1. The molecule has 0 bridgehead atoms. The molecule has 0 saturated heterocycles. The van der Waals surface area contributed by atoms with Gasteiger partial charge >= 0.3 is 0 Å². The van der Waals surface area contributed by atoms with Gasteiger partial charge < -0.3 is 10.1 Å². The van der Waals surface area contributed by atoms with Crippen molar-refractivity contribution in [2.24, 2.45) is 0 Å². The molecule has 0 aliphatic rings. The zero-order chi connectivity index (χ0) is 12.5. The van der Waals surface area contributed by atoms with E-state index < -0.39 is 0 Å². The first-order chi connectivity index (χ1) is 8.26. The molecule has 0 heterocycles. The van der Waals surface area contributed by atoms with E-state index in [0.717, 1.165) is 30.0 Å². The molecule has 0 fully saturated rings. The van der Waals surface area contributed by atoms with Crippen LogP contribution in [0.4, 0.5) is 0 Å². The Balaban J connectivity index is 2.31. The lowest BCUT2D eigenvalue weighted by atomic mass is 10.1. The summed E-state index contributed by atoms with van der Waals surface area (Å²) in [5.41, 5.74) is 0. The lowest BCUT2D eigenvalue weighted by molar-refractivity contribution is 0.261. The summed E-state index contributed by atoms with van der Waals surface area (Å²) in [5.74, 6) is 0.860. The molecule has 1 rings (SSSR count). The molecule has 3 heteroatoms. The van der Waals surface area contributed by atoms with Crippen LogP contribution < -0.4 is 10.1 Å². The van der Waals surface area contributed by atoms with Crippen molar-refractivity contribution in [3.63, 3.8) is 0 Å². The predicted molar refractivity (Wildman–Crippen MR) is 73.8 cm³/mol. The monoisotopic (exact) mass is 253 g/mol. The molecule has 0 aromatic heterocycles. The van der Waals surface area contributed by atoms with E-state index in [1.165, 1.54) is 0 Å². The highest BCUT2D eigenvalue weighted by molar-refractivity contribution is 6.30. The van der Waals surface area contributed by atoms with Crippen LogP contribution in [-0.2, 0) is 0 Å². The summed E-state index contributed by atoms with van der Waals surface area (Å²) in [5, 5.41) is 3.99. The Hall–Kier alpha value is -0.990. The van der Waals surface area contributed by atoms with Crippen LogP contribution in [0.5, 0.6) is 5.75 Å². The SMILES string of the molecule is C=CCCCC(COc1ccc(Cl)cc1)NC. The molecule has 0 radical (unpaired) electrons. The second-order valence-corrected chi connectivity index (χ2v) is 4.41. The highest BCUT2D eigenvalue weighted by Crippen LogP contribution is 2.16. The Morgan fingerprint density at radius 1 is 1.41 bits per heavy atom. The molecule has 1 unspecified atom stereocenters. The average Bonchev–Trinajstić information content (AvgIpc) is 2.35. The second kappa shape index (κ2) is 8.15. The Labute approximate surface area is 109 Å². The van der Waals surface area contributed by atoms with E-state index >= 15 is 0 Å². The van der Waals surface area contributed by atoms with Crippen LogP contribution in [-0.4, -0.2) is 19.7 Å². The summed E-state index contributed by atoms with van der Waals surface area (Å²) in [6.45, 7) is 4.40. The van der Waals surface area contributed by atoms with Crippen LogP contribution >= 0.6 is 11.6 Å². The van der Waals surface area contributed by atoms with Crippen molar-refractivity contribution in [2.45, 2.75) is 25.3 Å². The van der Waals surface area contributed by atoms with Crippen LogP contribution in [0.25, 0.3) is 0 Å². The summed E-state index contributed by atoms with van der Waals surface area (Å²) >= 11 is 5.81. The van der Waals surface area contributed by atoms with E-state index in [9.17, 15) is 0 Å². The molecular formula is C14H20ClNO. The molecule has 1 atom stereocenters. The van der Waals surface area contributed by atoms with Gasteiger partial charge in [-0.2, -0.15) is 0 Å². The van der Waals surface area contributed by atoms with Crippen LogP contribution in [0, 0.1) is 0 Å². The second-order valence-electron chi connectivity index (χ2n) is 3.97. The number of ether oxygens (including phenoxy) is 1. The minimum absolute atomic E-state index is 0.380. The van der Waals surface area contributed by atoms with Crippen LogP contribution in [0.3, 0.4) is 0 Å². The first kappa shape index (κ1) is 14.1. The van der Waals surface area contributed by atoms with Crippen molar-refractivity contribution in [2.75, 3.05) is 13.7 Å². The van der Waals surface area contributed by atoms with Gasteiger partial charge in [-0.05, 0) is 50.6 Å². The Bertz CT molecular complexity index is 323. The maximum atomic E-state index is 5.81. The average molecular weight is 254 g/mol. The highest BCUT2D eigenvalue weighted by Gasteiger charge is 2.06. The number of likely N-dealkylation sites (N-methyl/N-ethyl adjacent to an activating group) is 1. The summed E-state index contributed by atoms with van der Waals surface area (Å²) in [4.78, 5) is 0. The van der Waals surface area contributed by atoms with Gasteiger partial charge in [0.2, 0.25) is 0 Å². The Morgan fingerprint density at radius 3 is 2.71 bits per heavy atom. The first-order valence-corrected chi connectivity index (χ1v) is 6.30. The van der Waals surface area contributed by atoms with Crippen LogP contribution in [0.2, 0.25) is 5.02 Å².